The molecule has 0 atom stereocenters. The van der Waals surface area contributed by atoms with E-state index in [4.69, 9.17) is 5.26 Å². The Morgan fingerprint density at radius 2 is 2.03 bits per heavy atom. The molecule has 160 valence electrons. The van der Waals surface area contributed by atoms with Crippen LogP contribution in [0.3, 0.4) is 0 Å². The second kappa shape index (κ2) is 8.76. The first-order valence-corrected chi connectivity index (χ1v) is 10.8. The van der Waals surface area contributed by atoms with Crippen molar-refractivity contribution in [3.8, 4) is 6.07 Å². The van der Waals surface area contributed by atoms with E-state index in [0.29, 0.717) is 5.92 Å². The molecule has 1 amide bonds. The van der Waals surface area contributed by atoms with Gasteiger partial charge in [0.2, 0.25) is 5.91 Å². The van der Waals surface area contributed by atoms with E-state index in [0.717, 1.165) is 54.9 Å². The first-order valence-electron chi connectivity index (χ1n) is 10.8. The Morgan fingerprint density at radius 3 is 2.74 bits per heavy atom. The number of carbonyl (C=O) groups excluding carboxylic acids is 1. The second-order valence-electron chi connectivity index (χ2n) is 8.18. The Bertz CT molecular complexity index is 1140. The highest BCUT2D eigenvalue weighted by Crippen LogP contribution is 2.34. The molecule has 4 rings (SSSR count). The molecule has 0 bridgehead atoms. The third kappa shape index (κ3) is 4.11. The Kier molecular flexibility index (Phi) is 5.90. The van der Waals surface area contributed by atoms with E-state index in [1.54, 1.807) is 0 Å². The summed E-state index contributed by atoms with van der Waals surface area (Å²) in [6, 6.07) is 10.7. The molecule has 1 aliphatic rings. The Morgan fingerprint density at radius 1 is 1.26 bits per heavy atom. The van der Waals surface area contributed by atoms with Crippen LogP contribution in [0.25, 0.3) is 11.0 Å². The third-order valence-corrected chi connectivity index (χ3v) is 6.34. The molecule has 0 aliphatic carbocycles. The van der Waals surface area contributed by atoms with Gasteiger partial charge in [0.05, 0.1) is 24.1 Å². The molecular weight excluding hydrogens is 388 g/mol. The zero-order chi connectivity index (χ0) is 22.0. The van der Waals surface area contributed by atoms with Crippen molar-refractivity contribution in [3.63, 3.8) is 0 Å². The summed E-state index contributed by atoms with van der Waals surface area (Å²) in [6.07, 6.45) is 6.41. The second-order valence-corrected chi connectivity index (χ2v) is 8.18. The lowest BCUT2D eigenvalue weighted by atomic mass is 9.87. The Labute approximate surface area is 182 Å². The monoisotopic (exact) mass is 416 g/mol. The summed E-state index contributed by atoms with van der Waals surface area (Å²) >= 11 is 0. The lowest BCUT2D eigenvalue weighted by Gasteiger charge is -2.32. The highest BCUT2D eigenvalue weighted by molar-refractivity contribution is 5.79. The maximum atomic E-state index is 12.0. The van der Waals surface area contributed by atoms with Crippen molar-refractivity contribution >= 4 is 28.4 Å². The number of hydrogen-bond acceptors (Lipinski definition) is 5. The third-order valence-electron chi connectivity index (χ3n) is 6.34. The normalized spacial score (nSPS) is 14.6. The summed E-state index contributed by atoms with van der Waals surface area (Å²) in [5, 5.41) is 8.75. The molecule has 0 radical (unpaired) electrons. The zero-order valence-corrected chi connectivity index (χ0v) is 18.4. The number of rotatable bonds is 5. The van der Waals surface area contributed by atoms with Crippen LogP contribution < -0.4 is 4.90 Å². The number of likely N-dealkylation sites (tertiary alicyclic amines) is 1. The van der Waals surface area contributed by atoms with Gasteiger partial charge in [-0.3, -0.25) is 4.79 Å². The average Bonchev–Trinajstić information content (AvgIpc) is 3.18. The van der Waals surface area contributed by atoms with Gasteiger partial charge in [0.1, 0.15) is 17.8 Å². The van der Waals surface area contributed by atoms with Crippen molar-refractivity contribution in [2.45, 2.75) is 38.5 Å². The summed E-state index contributed by atoms with van der Waals surface area (Å²) in [5.41, 5.74) is 5.72. The molecular formula is C24H28N6O. The smallest absolute Gasteiger partial charge is 0.236 e. The number of piperidine rings is 1. The minimum absolute atomic E-state index is 0.0235. The number of amides is 1. The van der Waals surface area contributed by atoms with Crippen LogP contribution in [0.2, 0.25) is 0 Å². The number of hydrogen-bond donors (Lipinski definition) is 0. The molecule has 7 heteroatoms. The van der Waals surface area contributed by atoms with Gasteiger partial charge < -0.3 is 14.4 Å². The predicted molar refractivity (Wildman–Crippen MR) is 121 cm³/mol. The number of benzene rings is 1. The van der Waals surface area contributed by atoms with Gasteiger partial charge in [-0.1, -0.05) is 19.1 Å². The standard InChI is InChI=1S/C24H28N6O/c1-4-17-13-19(18-8-11-30(12-9-18)24(31)7-10-25)5-6-21(17)29(3)23-14-22-20(15-26-23)27-16-28(22)2/h5-6,13-16,18H,4,7-9,11-12H2,1-3H3. The number of nitriles is 1. The topological polar surface area (TPSA) is 78.1 Å². The van der Waals surface area contributed by atoms with E-state index in [2.05, 4.69) is 53.1 Å². The van der Waals surface area contributed by atoms with E-state index >= 15 is 0 Å². The molecule has 0 N–H and O–H groups in total. The molecule has 2 aromatic heterocycles. The van der Waals surface area contributed by atoms with E-state index in [9.17, 15) is 4.79 Å². The van der Waals surface area contributed by atoms with Crippen LogP contribution in [-0.4, -0.2) is 45.5 Å². The molecule has 1 aromatic carbocycles. The Hall–Kier alpha value is -3.40. The predicted octanol–water partition coefficient (Wildman–Crippen LogP) is 3.92. The number of pyridine rings is 1. The molecule has 1 saturated heterocycles. The summed E-state index contributed by atoms with van der Waals surface area (Å²) in [7, 11) is 4.04. The minimum atomic E-state index is -0.0509. The Balaban J connectivity index is 1.53. The van der Waals surface area contributed by atoms with E-state index in [1.807, 2.05) is 35.1 Å². The number of aryl methyl sites for hydroxylation is 2. The fraction of sp³-hybridized carbons (Fsp3) is 0.417. The molecule has 1 fully saturated rings. The van der Waals surface area contributed by atoms with Crippen LogP contribution in [0.15, 0.2) is 36.8 Å². The van der Waals surface area contributed by atoms with Gasteiger partial charge in [-0.05, 0) is 42.4 Å². The molecule has 31 heavy (non-hydrogen) atoms. The summed E-state index contributed by atoms with van der Waals surface area (Å²) in [5.74, 6) is 1.28. The number of anilines is 2. The van der Waals surface area contributed by atoms with Crippen LogP contribution >= 0.6 is 0 Å². The van der Waals surface area contributed by atoms with Gasteiger partial charge >= 0.3 is 0 Å². The first kappa shape index (κ1) is 20.9. The van der Waals surface area contributed by atoms with Crippen molar-refractivity contribution in [1.29, 1.82) is 5.26 Å². The van der Waals surface area contributed by atoms with Crippen molar-refractivity contribution < 1.29 is 4.79 Å². The number of nitrogens with zero attached hydrogens (tertiary/aromatic N) is 6. The molecule has 0 saturated carbocycles. The van der Waals surface area contributed by atoms with Crippen LogP contribution in [0.5, 0.6) is 0 Å². The highest BCUT2D eigenvalue weighted by atomic mass is 16.2. The largest absolute Gasteiger partial charge is 0.342 e. The SMILES string of the molecule is CCc1cc(C2CCN(C(=O)CC#N)CC2)ccc1N(C)c1cc2c(cn1)ncn2C. The average molecular weight is 417 g/mol. The number of carbonyl (C=O) groups is 1. The van der Waals surface area contributed by atoms with E-state index < -0.39 is 0 Å². The van der Waals surface area contributed by atoms with Gasteiger partial charge in [-0.2, -0.15) is 5.26 Å². The zero-order valence-electron chi connectivity index (χ0n) is 18.4. The quantitative estimate of drug-likeness (QED) is 0.630. The van der Waals surface area contributed by atoms with Gasteiger partial charge in [-0.15, -0.1) is 0 Å². The van der Waals surface area contributed by atoms with Gasteiger partial charge in [-0.25, -0.2) is 9.97 Å². The number of aromatic nitrogens is 3. The van der Waals surface area contributed by atoms with Crippen LogP contribution in [0.1, 0.15) is 43.2 Å². The molecule has 0 unspecified atom stereocenters. The number of imidazole rings is 1. The lowest BCUT2D eigenvalue weighted by molar-refractivity contribution is -0.131. The molecule has 1 aliphatic heterocycles. The van der Waals surface area contributed by atoms with Crippen LogP contribution in [0, 0.1) is 11.3 Å². The van der Waals surface area contributed by atoms with Crippen molar-refractivity contribution in [2.75, 3.05) is 25.0 Å². The van der Waals surface area contributed by atoms with Crippen LogP contribution in [0.4, 0.5) is 11.5 Å². The highest BCUT2D eigenvalue weighted by Gasteiger charge is 2.24. The molecule has 3 heterocycles. The van der Waals surface area contributed by atoms with Crippen LogP contribution in [-0.2, 0) is 18.3 Å². The summed E-state index contributed by atoms with van der Waals surface area (Å²) < 4.78 is 2.01. The molecule has 7 nitrogen and oxygen atoms in total. The van der Waals surface area contributed by atoms with Crippen molar-refractivity contribution in [3.05, 3.63) is 47.9 Å². The fourth-order valence-corrected chi connectivity index (χ4v) is 4.44. The van der Waals surface area contributed by atoms with Crippen molar-refractivity contribution in [1.82, 2.24) is 19.4 Å². The lowest BCUT2D eigenvalue weighted by Crippen LogP contribution is -2.37. The van der Waals surface area contributed by atoms with Gasteiger partial charge in [0.15, 0.2) is 0 Å². The minimum Gasteiger partial charge on any atom is -0.342 e. The van der Waals surface area contributed by atoms with E-state index in [-0.39, 0.29) is 12.3 Å². The van der Waals surface area contributed by atoms with Crippen molar-refractivity contribution in [2.24, 2.45) is 7.05 Å². The number of fused-ring (bicyclic) bond motifs is 1. The fourth-order valence-electron chi connectivity index (χ4n) is 4.44. The maximum Gasteiger partial charge on any atom is 0.236 e. The van der Waals surface area contributed by atoms with Gasteiger partial charge in [0.25, 0.3) is 0 Å². The molecule has 0 spiro atoms. The summed E-state index contributed by atoms with van der Waals surface area (Å²) in [6.45, 7) is 3.63. The molecule has 3 aromatic rings. The summed E-state index contributed by atoms with van der Waals surface area (Å²) in [4.78, 5) is 24.9. The maximum absolute atomic E-state index is 12.0. The first-order chi connectivity index (χ1) is 15.0. The van der Waals surface area contributed by atoms with Gasteiger partial charge in [0, 0.05) is 38.9 Å². The van der Waals surface area contributed by atoms with E-state index in [1.165, 1.54) is 11.1 Å².